The second kappa shape index (κ2) is 9.83. The molecule has 0 atom stereocenters. The van der Waals surface area contributed by atoms with Crippen molar-refractivity contribution in [2.45, 2.75) is 65.2 Å². The van der Waals surface area contributed by atoms with Gasteiger partial charge in [-0.15, -0.1) is 6.58 Å². The molecule has 0 fully saturated rings. The summed E-state index contributed by atoms with van der Waals surface area (Å²) in [5.41, 5.74) is 0. The van der Waals surface area contributed by atoms with Crippen molar-refractivity contribution in [2.24, 2.45) is 5.92 Å². The van der Waals surface area contributed by atoms with Crippen LogP contribution in [0, 0.1) is 5.92 Å². The van der Waals surface area contributed by atoms with E-state index in [9.17, 15) is 0 Å². The highest BCUT2D eigenvalue weighted by atomic mass is 14.1. The molecule has 0 amide bonds. The Bertz CT molecular complexity index is 98.6. The lowest BCUT2D eigenvalue weighted by Crippen LogP contribution is -1.99. The predicted molar refractivity (Wildman–Crippen MR) is 62.0 cm³/mol. The lowest BCUT2D eigenvalue weighted by Gasteiger charge is -2.14. The van der Waals surface area contributed by atoms with Crippen LogP contribution in [0.15, 0.2) is 12.7 Å². The van der Waals surface area contributed by atoms with Crippen LogP contribution in [0.5, 0.6) is 0 Å². The van der Waals surface area contributed by atoms with Gasteiger partial charge < -0.3 is 0 Å². The molecule has 0 aromatic heterocycles. The normalized spacial score (nSPS) is 10.7. The molecular formula is C13H26. The standard InChI is InChI=1S/C13H26/c1-4-7-8-9-12-13(10-5-2)11-6-3/h4,13H,1,5-12H2,2-3H3. The van der Waals surface area contributed by atoms with Crippen molar-refractivity contribution in [3.8, 4) is 0 Å². The number of hydrogen-bond acceptors (Lipinski definition) is 0. The molecule has 78 valence electrons. The Kier molecular flexibility index (Phi) is 9.63. The lowest BCUT2D eigenvalue weighted by molar-refractivity contribution is 0.396. The van der Waals surface area contributed by atoms with Crippen molar-refractivity contribution in [3.63, 3.8) is 0 Å². The summed E-state index contributed by atoms with van der Waals surface area (Å²) in [5, 5.41) is 0. The minimum absolute atomic E-state index is 1.000. The van der Waals surface area contributed by atoms with Gasteiger partial charge in [-0.3, -0.25) is 0 Å². The molecule has 0 nitrogen and oxygen atoms in total. The van der Waals surface area contributed by atoms with Crippen LogP contribution in [0.3, 0.4) is 0 Å². The monoisotopic (exact) mass is 182 g/mol. The largest absolute Gasteiger partial charge is 0.103 e. The number of hydrogen-bond donors (Lipinski definition) is 0. The van der Waals surface area contributed by atoms with Crippen molar-refractivity contribution < 1.29 is 0 Å². The molecule has 0 aliphatic carbocycles. The molecule has 0 N–H and O–H groups in total. The van der Waals surface area contributed by atoms with E-state index in [4.69, 9.17) is 0 Å². The molecule has 0 aromatic carbocycles. The Labute approximate surface area is 84.4 Å². The Morgan fingerprint density at radius 1 is 1.00 bits per heavy atom. The van der Waals surface area contributed by atoms with Crippen LogP contribution in [-0.4, -0.2) is 0 Å². The van der Waals surface area contributed by atoms with Crippen LogP contribution in [0.1, 0.15) is 65.2 Å². The van der Waals surface area contributed by atoms with E-state index >= 15 is 0 Å². The summed E-state index contributed by atoms with van der Waals surface area (Å²) in [7, 11) is 0. The maximum atomic E-state index is 3.75. The van der Waals surface area contributed by atoms with Crippen LogP contribution < -0.4 is 0 Å². The Morgan fingerprint density at radius 2 is 1.62 bits per heavy atom. The van der Waals surface area contributed by atoms with Crippen LogP contribution in [0.2, 0.25) is 0 Å². The van der Waals surface area contributed by atoms with Gasteiger partial charge in [0.05, 0.1) is 0 Å². The maximum absolute atomic E-state index is 3.75. The highest BCUT2D eigenvalue weighted by molar-refractivity contribution is 4.66. The van der Waals surface area contributed by atoms with Crippen molar-refractivity contribution >= 4 is 0 Å². The van der Waals surface area contributed by atoms with Crippen molar-refractivity contribution in [2.75, 3.05) is 0 Å². The summed E-state index contributed by atoms with van der Waals surface area (Å²) >= 11 is 0. The molecule has 0 radical (unpaired) electrons. The summed E-state index contributed by atoms with van der Waals surface area (Å²) in [4.78, 5) is 0. The molecule has 0 spiro atoms. The first-order valence-corrected chi connectivity index (χ1v) is 5.96. The van der Waals surface area contributed by atoms with Gasteiger partial charge in [0.2, 0.25) is 0 Å². The minimum Gasteiger partial charge on any atom is -0.103 e. The first-order chi connectivity index (χ1) is 6.35. The third kappa shape index (κ3) is 8.08. The van der Waals surface area contributed by atoms with Gasteiger partial charge in [0, 0.05) is 0 Å². The molecule has 0 aliphatic rings. The van der Waals surface area contributed by atoms with E-state index in [1.165, 1.54) is 51.4 Å². The van der Waals surface area contributed by atoms with Gasteiger partial charge in [0.1, 0.15) is 0 Å². The van der Waals surface area contributed by atoms with E-state index in [1.807, 2.05) is 6.08 Å². The van der Waals surface area contributed by atoms with E-state index in [-0.39, 0.29) is 0 Å². The third-order valence-corrected chi connectivity index (χ3v) is 2.66. The highest BCUT2D eigenvalue weighted by Crippen LogP contribution is 2.20. The summed E-state index contributed by atoms with van der Waals surface area (Å²) < 4.78 is 0. The molecule has 0 bridgehead atoms. The molecule has 0 aromatic rings. The smallest absolute Gasteiger partial charge is 0.0353 e. The second-order valence-corrected chi connectivity index (χ2v) is 4.02. The Morgan fingerprint density at radius 3 is 2.08 bits per heavy atom. The van der Waals surface area contributed by atoms with E-state index in [0.717, 1.165) is 5.92 Å². The average Bonchev–Trinajstić information content (AvgIpc) is 2.13. The number of allylic oxidation sites excluding steroid dienone is 1. The van der Waals surface area contributed by atoms with Gasteiger partial charge in [-0.05, 0) is 18.8 Å². The average molecular weight is 182 g/mol. The predicted octanol–water partition coefficient (Wildman–Crippen LogP) is 4.95. The molecule has 0 heteroatoms. The van der Waals surface area contributed by atoms with Crippen LogP contribution in [0.25, 0.3) is 0 Å². The SMILES string of the molecule is C=CCCCCC(CCC)CCC. The fourth-order valence-electron chi connectivity index (χ4n) is 1.97. The fourth-order valence-corrected chi connectivity index (χ4v) is 1.97. The minimum atomic E-state index is 1.000. The number of rotatable bonds is 9. The summed E-state index contributed by atoms with van der Waals surface area (Å²) in [6.07, 6.45) is 13.0. The number of unbranched alkanes of at least 4 members (excludes halogenated alkanes) is 2. The first-order valence-electron chi connectivity index (χ1n) is 5.96. The zero-order valence-corrected chi connectivity index (χ0v) is 9.52. The van der Waals surface area contributed by atoms with Crippen molar-refractivity contribution in [1.29, 1.82) is 0 Å². The van der Waals surface area contributed by atoms with Crippen molar-refractivity contribution in [3.05, 3.63) is 12.7 Å². The van der Waals surface area contributed by atoms with E-state index in [1.54, 1.807) is 0 Å². The van der Waals surface area contributed by atoms with Gasteiger partial charge in [-0.25, -0.2) is 0 Å². The highest BCUT2D eigenvalue weighted by Gasteiger charge is 2.05. The summed E-state index contributed by atoms with van der Waals surface area (Å²) in [6.45, 7) is 8.35. The fraction of sp³-hybridized carbons (Fsp3) is 0.846. The summed E-state index contributed by atoms with van der Waals surface area (Å²) in [5.74, 6) is 1.000. The van der Waals surface area contributed by atoms with Crippen LogP contribution in [0.4, 0.5) is 0 Å². The topological polar surface area (TPSA) is 0 Å². The molecule has 0 unspecified atom stereocenters. The van der Waals surface area contributed by atoms with Gasteiger partial charge in [0.25, 0.3) is 0 Å². The third-order valence-electron chi connectivity index (χ3n) is 2.66. The Hall–Kier alpha value is -0.260. The van der Waals surface area contributed by atoms with Crippen LogP contribution >= 0.6 is 0 Å². The van der Waals surface area contributed by atoms with E-state index < -0.39 is 0 Å². The first kappa shape index (κ1) is 12.7. The van der Waals surface area contributed by atoms with Crippen molar-refractivity contribution in [1.82, 2.24) is 0 Å². The second-order valence-electron chi connectivity index (χ2n) is 4.02. The van der Waals surface area contributed by atoms with Gasteiger partial charge in [0.15, 0.2) is 0 Å². The Balaban J connectivity index is 3.37. The quantitative estimate of drug-likeness (QED) is 0.349. The molecule has 0 saturated heterocycles. The van der Waals surface area contributed by atoms with Gasteiger partial charge >= 0.3 is 0 Å². The van der Waals surface area contributed by atoms with E-state index in [0.29, 0.717) is 0 Å². The lowest BCUT2D eigenvalue weighted by atomic mass is 9.92. The van der Waals surface area contributed by atoms with Gasteiger partial charge in [-0.2, -0.15) is 0 Å². The zero-order chi connectivity index (χ0) is 9.94. The van der Waals surface area contributed by atoms with E-state index in [2.05, 4.69) is 20.4 Å². The molecule has 0 rings (SSSR count). The molecule has 0 aliphatic heterocycles. The molecular weight excluding hydrogens is 156 g/mol. The molecule has 0 heterocycles. The van der Waals surface area contributed by atoms with Gasteiger partial charge in [-0.1, -0.05) is 58.4 Å². The van der Waals surface area contributed by atoms with Crippen LogP contribution in [-0.2, 0) is 0 Å². The molecule has 0 saturated carbocycles. The zero-order valence-electron chi connectivity index (χ0n) is 9.52. The summed E-state index contributed by atoms with van der Waals surface area (Å²) in [6, 6.07) is 0. The molecule has 13 heavy (non-hydrogen) atoms. The maximum Gasteiger partial charge on any atom is -0.0353 e.